The molecule has 0 unspecified atom stereocenters. The third-order valence-electron chi connectivity index (χ3n) is 2.95. The third kappa shape index (κ3) is 3.07. The van der Waals surface area contributed by atoms with Gasteiger partial charge in [0, 0.05) is 37.7 Å². The predicted molar refractivity (Wildman–Crippen MR) is 74.5 cm³/mol. The number of aryl methyl sites for hydroxylation is 2. The molecule has 0 fully saturated rings. The molecule has 5 nitrogen and oxygen atoms in total. The summed E-state index contributed by atoms with van der Waals surface area (Å²) < 4.78 is 5.86. The Morgan fingerprint density at radius 1 is 1.42 bits per heavy atom. The predicted octanol–water partition coefficient (Wildman–Crippen LogP) is 2.38. The number of hydrogen-bond donors (Lipinski definition) is 0. The summed E-state index contributed by atoms with van der Waals surface area (Å²) >= 11 is 1.19. The van der Waals surface area contributed by atoms with E-state index in [1.54, 1.807) is 6.20 Å². The highest BCUT2D eigenvalue weighted by molar-refractivity contribution is 7.08. The maximum Gasteiger partial charge on any atom is 0.176 e. The Kier molecular flexibility index (Phi) is 3.80. The minimum atomic E-state index is -0.152. The number of aromatic nitrogens is 4. The molecule has 0 aliphatic heterocycles. The Morgan fingerprint density at radius 2 is 2.16 bits per heavy atom. The largest absolute Gasteiger partial charge is 0.338 e. The van der Waals surface area contributed by atoms with Crippen molar-refractivity contribution in [1.82, 2.24) is 19.1 Å². The van der Waals surface area contributed by atoms with Crippen molar-refractivity contribution in [3.05, 3.63) is 28.8 Å². The lowest BCUT2D eigenvalue weighted by Crippen LogP contribution is -2.16. The van der Waals surface area contributed by atoms with Crippen LogP contribution in [0, 0.1) is 0 Å². The highest BCUT2D eigenvalue weighted by Crippen LogP contribution is 2.26. The molecule has 0 spiro atoms. The van der Waals surface area contributed by atoms with Crippen LogP contribution in [0.25, 0.3) is 0 Å². The molecule has 0 bridgehead atoms. The van der Waals surface area contributed by atoms with Crippen LogP contribution in [0.5, 0.6) is 0 Å². The smallest absolute Gasteiger partial charge is 0.176 e. The van der Waals surface area contributed by atoms with Crippen molar-refractivity contribution in [1.29, 1.82) is 0 Å². The fourth-order valence-corrected chi connectivity index (χ4v) is 2.68. The molecule has 0 atom stereocenters. The summed E-state index contributed by atoms with van der Waals surface area (Å²) in [5.74, 6) is 1.02. The van der Waals surface area contributed by atoms with Gasteiger partial charge in [0.15, 0.2) is 5.78 Å². The molecular formula is C13H18N4OS. The number of imidazole rings is 1. The quantitative estimate of drug-likeness (QED) is 0.806. The number of rotatable bonds is 4. The minimum absolute atomic E-state index is 0.0999. The van der Waals surface area contributed by atoms with Crippen LogP contribution < -0.4 is 0 Å². The molecule has 2 aromatic rings. The van der Waals surface area contributed by atoms with E-state index >= 15 is 0 Å². The van der Waals surface area contributed by atoms with E-state index in [0.29, 0.717) is 17.7 Å². The van der Waals surface area contributed by atoms with E-state index in [9.17, 15) is 4.79 Å². The highest BCUT2D eigenvalue weighted by Gasteiger charge is 2.26. The van der Waals surface area contributed by atoms with Gasteiger partial charge in [0.2, 0.25) is 0 Å². The zero-order valence-electron chi connectivity index (χ0n) is 11.7. The first-order chi connectivity index (χ1) is 8.89. The maximum absolute atomic E-state index is 12.3. The normalized spacial score (nSPS) is 11.8. The zero-order valence-corrected chi connectivity index (χ0v) is 12.5. The van der Waals surface area contributed by atoms with E-state index in [2.05, 4.69) is 14.6 Å². The van der Waals surface area contributed by atoms with Gasteiger partial charge in [-0.3, -0.25) is 4.79 Å². The monoisotopic (exact) mass is 278 g/mol. The van der Waals surface area contributed by atoms with Gasteiger partial charge >= 0.3 is 0 Å². The Balaban J connectivity index is 2.09. The summed E-state index contributed by atoms with van der Waals surface area (Å²) in [4.78, 5) is 17.2. The van der Waals surface area contributed by atoms with Gasteiger partial charge in [0.1, 0.15) is 10.7 Å². The van der Waals surface area contributed by atoms with Crippen molar-refractivity contribution in [2.75, 3.05) is 0 Å². The maximum atomic E-state index is 12.3. The Bertz CT molecular complexity index is 579. The molecule has 2 heterocycles. The standard InChI is InChI=1S/C13H18N4OS/c1-13(2,3)12-11(19-16-15-12)9(18)5-6-10-14-7-8-17(10)4/h7-8H,5-6H2,1-4H3. The fraction of sp³-hybridized carbons (Fsp3) is 0.538. The van der Waals surface area contributed by atoms with Gasteiger partial charge in [0.05, 0.1) is 5.69 Å². The second-order valence-corrected chi connectivity index (χ2v) is 6.33. The van der Waals surface area contributed by atoms with Crippen LogP contribution in [0.1, 0.15) is 48.4 Å². The summed E-state index contributed by atoms with van der Waals surface area (Å²) in [6.45, 7) is 6.12. The molecular weight excluding hydrogens is 260 g/mol. The molecule has 0 amide bonds. The molecule has 0 aliphatic carbocycles. The van der Waals surface area contributed by atoms with Gasteiger partial charge in [-0.15, -0.1) is 5.10 Å². The fourth-order valence-electron chi connectivity index (χ4n) is 1.84. The lowest BCUT2D eigenvalue weighted by Gasteiger charge is -2.15. The second-order valence-electron chi connectivity index (χ2n) is 5.58. The Morgan fingerprint density at radius 3 is 2.74 bits per heavy atom. The number of hydrogen-bond acceptors (Lipinski definition) is 5. The van der Waals surface area contributed by atoms with Crippen LogP contribution in [0.15, 0.2) is 12.4 Å². The lowest BCUT2D eigenvalue weighted by atomic mass is 9.90. The van der Waals surface area contributed by atoms with Crippen LogP contribution in [0.3, 0.4) is 0 Å². The van der Waals surface area contributed by atoms with E-state index in [4.69, 9.17) is 0 Å². The molecule has 102 valence electrons. The number of Topliss-reactive ketones (excluding diaryl/α,β-unsaturated/α-hetero) is 1. The molecule has 0 radical (unpaired) electrons. The summed E-state index contributed by atoms with van der Waals surface area (Å²) in [5, 5.41) is 4.10. The van der Waals surface area contributed by atoms with E-state index in [1.165, 1.54) is 11.5 Å². The van der Waals surface area contributed by atoms with Crippen molar-refractivity contribution < 1.29 is 4.79 Å². The number of carbonyl (C=O) groups excluding carboxylic acids is 1. The Hall–Kier alpha value is -1.56. The van der Waals surface area contributed by atoms with Crippen LogP contribution in [-0.2, 0) is 18.9 Å². The summed E-state index contributed by atoms with van der Waals surface area (Å²) in [5.41, 5.74) is 0.642. The molecule has 0 aliphatic rings. The van der Waals surface area contributed by atoms with Crippen molar-refractivity contribution >= 4 is 17.3 Å². The van der Waals surface area contributed by atoms with E-state index in [0.717, 1.165) is 11.5 Å². The van der Waals surface area contributed by atoms with Crippen molar-refractivity contribution in [2.45, 2.75) is 39.0 Å². The van der Waals surface area contributed by atoms with Gasteiger partial charge in [-0.25, -0.2) is 4.98 Å². The molecule has 19 heavy (non-hydrogen) atoms. The molecule has 6 heteroatoms. The average Bonchev–Trinajstić information content (AvgIpc) is 2.93. The van der Waals surface area contributed by atoms with E-state index in [1.807, 2.05) is 38.6 Å². The molecule has 0 N–H and O–H groups in total. The molecule has 0 saturated heterocycles. The first-order valence-electron chi connectivity index (χ1n) is 6.22. The van der Waals surface area contributed by atoms with Crippen LogP contribution in [0.4, 0.5) is 0 Å². The van der Waals surface area contributed by atoms with Crippen molar-refractivity contribution in [2.24, 2.45) is 7.05 Å². The third-order valence-corrected chi connectivity index (χ3v) is 3.72. The Labute approximate surface area is 116 Å². The van der Waals surface area contributed by atoms with Gasteiger partial charge in [-0.1, -0.05) is 25.3 Å². The average molecular weight is 278 g/mol. The highest BCUT2D eigenvalue weighted by atomic mass is 32.1. The van der Waals surface area contributed by atoms with E-state index < -0.39 is 0 Å². The minimum Gasteiger partial charge on any atom is -0.338 e. The van der Waals surface area contributed by atoms with Crippen molar-refractivity contribution in [3.8, 4) is 0 Å². The molecule has 0 saturated carbocycles. The molecule has 2 aromatic heterocycles. The van der Waals surface area contributed by atoms with Crippen LogP contribution >= 0.6 is 11.5 Å². The van der Waals surface area contributed by atoms with E-state index in [-0.39, 0.29) is 11.2 Å². The summed E-state index contributed by atoms with van der Waals surface area (Å²) in [6.07, 6.45) is 4.71. The zero-order chi connectivity index (χ0) is 14.0. The van der Waals surface area contributed by atoms with Crippen LogP contribution in [-0.4, -0.2) is 24.9 Å². The lowest BCUT2D eigenvalue weighted by molar-refractivity contribution is 0.0983. The number of nitrogens with zero attached hydrogens (tertiary/aromatic N) is 4. The van der Waals surface area contributed by atoms with Crippen LogP contribution in [0.2, 0.25) is 0 Å². The van der Waals surface area contributed by atoms with Gasteiger partial charge < -0.3 is 4.57 Å². The molecule has 0 aromatic carbocycles. The summed E-state index contributed by atoms with van der Waals surface area (Å²) in [6, 6.07) is 0. The second kappa shape index (κ2) is 5.21. The number of carbonyl (C=O) groups is 1. The van der Waals surface area contributed by atoms with Gasteiger partial charge in [-0.2, -0.15) is 0 Å². The van der Waals surface area contributed by atoms with Gasteiger partial charge in [0.25, 0.3) is 0 Å². The topological polar surface area (TPSA) is 60.7 Å². The van der Waals surface area contributed by atoms with Gasteiger partial charge in [-0.05, 0) is 11.5 Å². The first-order valence-corrected chi connectivity index (χ1v) is 6.99. The molecule has 2 rings (SSSR count). The first kappa shape index (κ1) is 13.9. The number of ketones is 1. The van der Waals surface area contributed by atoms with Crippen molar-refractivity contribution in [3.63, 3.8) is 0 Å². The SMILES string of the molecule is Cn1ccnc1CCC(=O)c1snnc1C(C)(C)C. The summed E-state index contributed by atoms with van der Waals surface area (Å²) in [7, 11) is 1.93.